The van der Waals surface area contributed by atoms with E-state index in [1.54, 1.807) is 43.3 Å². The van der Waals surface area contributed by atoms with Gasteiger partial charge in [-0.1, -0.05) is 34.1 Å². The summed E-state index contributed by atoms with van der Waals surface area (Å²) in [4.78, 5) is 48.2. The lowest BCUT2D eigenvalue weighted by Crippen LogP contribution is -2.33. The van der Waals surface area contributed by atoms with Gasteiger partial charge in [0.1, 0.15) is 6.54 Å². The minimum Gasteiger partial charge on any atom is -0.490 e. The van der Waals surface area contributed by atoms with Gasteiger partial charge in [-0.15, -0.1) is 0 Å². The number of halogens is 1. The first-order chi connectivity index (χ1) is 15.8. The van der Waals surface area contributed by atoms with E-state index in [-0.39, 0.29) is 17.4 Å². The van der Waals surface area contributed by atoms with Gasteiger partial charge in [0.05, 0.1) is 11.5 Å². The van der Waals surface area contributed by atoms with Crippen LogP contribution in [0.15, 0.2) is 51.8 Å². The molecule has 2 aromatic carbocycles. The number of hydrogen-bond acceptors (Lipinski definition) is 7. The molecule has 1 heterocycles. The maximum absolute atomic E-state index is 12.4. The molecule has 2 N–H and O–H groups in total. The Hall–Kier alpha value is -3.31. The average Bonchev–Trinajstić information content (AvgIpc) is 3.02. The summed E-state index contributed by atoms with van der Waals surface area (Å²) in [6.45, 7) is 1.15. The van der Waals surface area contributed by atoms with Crippen LogP contribution in [0, 0.1) is 0 Å². The first-order valence-electron chi connectivity index (χ1n) is 9.69. The van der Waals surface area contributed by atoms with Gasteiger partial charge in [0.15, 0.2) is 18.1 Å². The molecule has 1 fully saturated rings. The van der Waals surface area contributed by atoms with Crippen LogP contribution in [-0.4, -0.2) is 52.8 Å². The number of para-hydroxylation sites is 1. The van der Waals surface area contributed by atoms with E-state index in [1.807, 2.05) is 6.07 Å². The SMILES string of the molecule is CCOc1cc(/C=C2/SC(=O)N(CC(=O)O)C2=O)c(Br)cc1OCC(=O)Nc1ccccc1. The molecule has 3 amide bonds. The fraction of sp³-hybridized carbons (Fsp3) is 0.182. The van der Waals surface area contributed by atoms with Gasteiger partial charge in [0.2, 0.25) is 0 Å². The normalized spacial score (nSPS) is 14.5. The lowest BCUT2D eigenvalue weighted by atomic mass is 10.2. The van der Waals surface area contributed by atoms with E-state index < -0.39 is 23.7 Å². The minimum atomic E-state index is -1.28. The first kappa shape index (κ1) is 24.3. The third-order valence-corrected chi connectivity index (χ3v) is 5.83. The van der Waals surface area contributed by atoms with Crippen LogP contribution in [0.2, 0.25) is 0 Å². The summed E-state index contributed by atoms with van der Waals surface area (Å²) in [5, 5.41) is 11.0. The van der Waals surface area contributed by atoms with Crippen molar-refractivity contribution in [3.05, 3.63) is 57.4 Å². The fourth-order valence-corrected chi connectivity index (χ4v) is 4.08. The second-order valence-corrected chi connectivity index (χ2v) is 8.47. The van der Waals surface area contributed by atoms with Gasteiger partial charge in [-0.2, -0.15) is 0 Å². The third kappa shape index (κ3) is 6.36. The Morgan fingerprint density at radius 1 is 1.15 bits per heavy atom. The van der Waals surface area contributed by atoms with Crippen LogP contribution in [-0.2, 0) is 14.4 Å². The minimum absolute atomic E-state index is 0.0836. The summed E-state index contributed by atoms with van der Waals surface area (Å²) < 4.78 is 11.8. The van der Waals surface area contributed by atoms with E-state index in [2.05, 4.69) is 21.2 Å². The van der Waals surface area contributed by atoms with Gasteiger partial charge in [-0.25, -0.2) is 0 Å². The number of benzene rings is 2. The van der Waals surface area contributed by atoms with Gasteiger partial charge < -0.3 is 19.9 Å². The predicted molar refractivity (Wildman–Crippen MR) is 126 cm³/mol. The van der Waals surface area contributed by atoms with E-state index in [4.69, 9.17) is 14.6 Å². The van der Waals surface area contributed by atoms with Crippen molar-refractivity contribution >= 4 is 62.5 Å². The summed E-state index contributed by atoms with van der Waals surface area (Å²) in [6, 6.07) is 12.1. The molecule has 0 aliphatic carbocycles. The largest absolute Gasteiger partial charge is 0.490 e. The summed E-state index contributed by atoms with van der Waals surface area (Å²) in [5.41, 5.74) is 1.16. The molecule has 2 aromatic rings. The molecule has 11 heteroatoms. The zero-order chi connectivity index (χ0) is 24.0. The summed E-state index contributed by atoms with van der Waals surface area (Å²) in [5.74, 6) is -1.67. The molecule has 1 aliphatic heterocycles. The van der Waals surface area contributed by atoms with Gasteiger partial charge >= 0.3 is 5.97 Å². The molecule has 1 aliphatic rings. The van der Waals surface area contributed by atoms with Crippen LogP contribution in [0.5, 0.6) is 11.5 Å². The second-order valence-electron chi connectivity index (χ2n) is 6.62. The maximum Gasteiger partial charge on any atom is 0.323 e. The Kier molecular flexibility index (Phi) is 8.12. The summed E-state index contributed by atoms with van der Waals surface area (Å²) in [6.07, 6.45) is 1.46. The highest BCUT2D eigenvalue weighted by atomic mass is 79.9. The molecule has 0 unspecified atom stereocenters. The lowest BCUT2D eigenvalue weighted by molar-refractivity contribution is -0.140. The lowest BCUT2D eigenvalue weighted by Gasteiger charge is -2.14. The zero-order valence-electron chi connectivity index (χ0n) is 17.4. The summed E-state index contributed by atoms with van der Waals surface area (Å²) >= 11 is 4.05. The van der Waals surface area contributed by atoms with E-state index in [9.17, 15) is 19.2 Å². The number of anilines is 1. The van der Waals surface area contributed by atoms with Crippen molar-refractivity contribution in [3.8, 4) is 11.5 Å². The molecule has 3 rings (SSSR count). The molecule has 0 radical (unpaired) electrons. The first-order valence-corrected chi connectivity index (χ1v) is 11.3. The molecule has 0 spiro atoms. The number of carbonyl (C=O) groups excluding carboxylic acids is 3. The Balaban J connectivity index is 1.77. The smallest absolute Gasteiger partial charge is 0.323 e. The van der Waals surface area contributed by atoms with E-state index in [0.29, 0.717) is 50.5 Å². The number of ether oxygens (including phenoxy) is 2. The van der Waals surface area contributed by atoms with Crippen LogP contribution in [0.4, 0.5) is 10.5 Å². The number of hydrogen-bond donors (Lipinski definition) is 2. The number of nitrogens with zero attached hydrogens (tertiary/aromatic N) is 1. The number of aliphatic carboxylic acids is 1. The quantitative estimate of drug-likeness (QED) is 0.463. The Bertz CT molecular complexity index is 1120. The van der Waals surface area contributed by atoms with Crippen molar-refractivity contribution in [2.45, 2.75) is 6.92 Å². The van der Waals surface area contributed by atoms with Crippen LogP contribution >= 0.6 is 27.7 Å². The topological polar surface area (TPSA) is 122 Å². The van der Waals surface area contributed by atoms with Crippen molar-refractivity contribution in [1.29, 1.82) is 0 Å². The zero-order valence-corrected chi connectivity index (χ0v) is 19.8. The van der Waals surface area contributed by atoms with Crippen molar-refractivity contribution in [3.63, 3.8) is 0 Å². The molecule has 9 nitrogen and oxygen atoms in total. The van der Waals surface area contributed by atoms with Crippen molar-refractivity contribution < 1.29 is 33.8 Å². The molecule has 0 atom stereocenters. The average molecular weight is 535 g/mol. The van der Waals surface area contributed by atoms with E-state index in [1.165, 1.54) is 6.08 Å². The molecule has 172 valence electrons. The predicted octanol–water partition coefficient (Wildman–Crippen LogP) is 3.99. The monoisotopic (exact) mass is 534 g/mol. The Morgan fingerprint density at radius 3 is 2.52 bits per heavy atom. The van der Waals surface area contributed by atoms with Crippen LogP contribution in [0.1, 0.15) is 12.5 Å². The number of carboxylic acid groups (broad SMARTS) is 1. The van der Waals surface area contributed by atoms with Crippen LogP contribution < -0.4 is 14.8 Å². The molecule has 0 bridgehead atoms. The number of carboxylic acids is 1. The summed E-state index contributed by atoms with van der Waals surface area (Å²) in [7, 11) is 0. The van der Waals surface area contributed by atoms with Crippen LogP contribution in [0.3, 0.4) is 0 Å². The third-order valence-electron chi connectivity index (χ3n) is 4.23. The van der Waals surface area contributed by atoms with Crippen molar-refractivity contribution in [1.82, 2.24) is 4.90 Å². The van der Waals surface area contributed by atoms with Crippen molar-refractivity contribution in [2.24, 2.45) is 0 Å². The molecule has 33 heavy (non-hydrogen) atoms. The van der Waals surface area contributed by atoms with Gasteiger partial charge in [-0.3, -0.25) is 24.1 Å². The van der Waals surface area contributed by atoms with Gasteiger partial charge in [0, 0.05) is 10.2 Å². The molecular weight excluding hydrogens is 516 g/mol. The van der Waals surface area contributed by atoms with E-state index >= 15 is 0 Å². The highest BCUT2D eigenvalue weighted by molar-refractivity contribution is 9.10. The molecule has 1 saturated heterocycles. The highest BCUT2D eigenvalue weighted by Gasteiger charge is 2.36. The fourth-order valence-electron chi connectivity index (χ4n) is 2.82. The number of rotatable bonds is 9. The number of carbonyl (C=O) groups is 4. The number of imide groups is 1. The molecule has 0 saturated carbocycles. The van der Waals surface area contributed by atoms with Crippen LogP contribution in [0.25, 0.3) is 6.08 Å². The molecule has 0 aromatic heterocycles. The second kappa shape index (κ2) is 11.0. The molecular formula is C22H19BrN2O7S. The van der Waals surface area contributed by atoms with Crippen molar-refractivity contribution in [2.75, 3.05) is 25.1 Å². The maximum atomic E-state index is 12.4. The number of nitrogens with one attached hydrogen (secondary N) is 1. The Morgan fingerprint density at radius 2 is 1.85 bits per heavy atom. The van der Waals surface area contributed by atoms with E-state index in [0.717, 1.165) is 0 Å². The van der Waals surface area contributed by atoms with Gasteiger partial charge in [-0.05, 0) is 54.6 Å². The van der Waals surface area contributed by atoms with Gasteiger partial charge in [0.25, 0.3) is 17.1 Å². The Labute approximate surface area is 201 Å². The highest BCUT2D eigenvalue weighted by Crippen LogP contribution is 2.38. The standard InChI is InChI=1S/C22H19BrN2O7S/c1-2-31-16-8-13(9-18-21(29)25(11-20(27)28)22(30)33-18)15(23)10-17(16)32-12-19(26)24-14-6-4-3-5-7-14/h3-10H,2,11-12H2,1H3,(H,24,26)(H,27,28)/b18-9+. The number of thioether (sulfide) groups is 1. The number of amides is 3.